The lowest BCUT2D eigenvalue weighted by Crippen LogP contribution is -2.07. The van der Waals surface area contributed by atoms with Crippen molar-refractivity contribution in [3.8, 4) is 0 Å². The van der Waals surface area contributed by atoms with Gasteiger partial charge in [-0.2, -0.15) is 0 Å². The Hall–Kier alpha value is -0.580. The maximum absolute atomic E-state index is 11.4. The molecule has 1 rings (SSSR count). The van der Waals surface area contributed by atoms with Crippen LogP contribution in [0.1, 0.15) is 18.1 Å². The van der Waals surface area contributed by atoms with Gasteiger partial charge in [-0.25, -0.2) is 8.42 Å². The van der Waals surface area contributed by atoms with Gasteiger partial charge in [0.15, 0.2) is 9.84 Å². The average Bonchev–Trinajstić information content (AvgIpc) is 2.21. The van der Waals surface area contributed by atoms with Crippen molar-refractivity contribution in [2.24, 2.45) is 5.73 Å². The quantitative estimate of drug-likeness (QED) is 0.882. The van der Waals surface area contributed by atoms with E-state index in [9.17, 15) is 8.42 Å². The molecule has 0 radical (unpaired) electrons. The van der Waals surface area contributed by atoms with Crippen LogP contribution in [0.25, 0.3) is 0 Å². The van der Waals surface area contributed by atoms with Crippen molar-refractivity contribution in [2.45, 2.75) is 19.2 Å². The first-order valence-corrected chi connectivity index (χ1v) is 6.86. The minimum atomic E-state index is -3.03. The van der Waals surface area contributed by atoms with E-state index in [1.807, 2.05) is 0 Å². The van der Waals surface area contributed by atoms with E-state index in [0.717, 1.165) is 5.56 Å². The molecule has 2 N–H and O–H groups in total. The number of halogens is 1. The minimum absolute atomic E-state index is 0.00676. The molecule has 0 bridgehead atoms. The molecule has 0 spiro atoms. The Morgan fingerprint density at radius 1 is 1.40 bits per heavy atom. The van der Waals surface area contributed by atoms with Crippen molar-refractivity contribution in [1.82, 2.24) is 0 Å². The summed E-state index contributed by atoms with van der Waals surface area (Å²) in [4.78, 5) is 0. The second-order valence-electron chi connectivity index (χ2n) is 3.31. The molecule has 3 nitrogen and oxygen atoms in total. The molecule has 5 heteroatoms. The molecule has 0 saturated carbocycles. The van der Waals surface area contributed by atoms with Crippen LogP contribution in [0, 0.1) is 0 Å². The van der Waals surface area contributed by atoms with E-state index in [4.69, 9.17) is 17.3 Å². The van der Waals surface area contributed by atoms with Gasteiger partial charge in [0.2, 0.25) is 0 Å². The van der Waals surface area contributed by atoms with Crippen molar-refractivity contribution < 1.29 is 8.42 Å². The van der Waals surface area contributed by atoms with Crippen LogP contribution in [-0.4, -0.2) is 14.2 Å². The zero-order valence-corrected chi connectivity index (χ0v) is 10.1. The largest absolute Gasteiger partial charge is 0.326 e. The zero-order valence-electron chi connectivity index (χ0n) is 8.53. The van der Waals surface area contributed by atoms with Gasteiger partial charge in [-0.05, 0) is 17.2 Å². The summed E-state index contributed by atoms with van der Waals surface area (Å²) < 4.78 is 22.8. The zero-order chi connectivity index (χ0) is 11.5. The standard InChI is InChI=1S/C10H14ClNO2S/c1-2-15(13,14)7-9-4-3-8(6-12)5-10(9)11/h3-5H,2,6-7,12H2,1H3. The minimum Gasteiger partial charge on any atom is -0.326 e. The van der Waals surface area contributed by atoms with E-state index in [1.54, 1.807) is 25.1 Å². The molecule has 0 aliphatic carbocycles. The fourth-order valence-electron chi connectivity index (χ4n) is 1.17. The predicted octanol–water partition coefficient (Wildman–Crippen LogP) is 1.73. The molecule has 1 aromatic rings. The summed E-state index contributed by atoms with van der Waals surface area (Å²) in [6.45, 7) is 2.03. The molecular formula is C10H14ClNO2S. The molecule has 0 aliphatic heterocycles. The fourth-order valence-corrected chi connectivity index (χ4v) is 2.45. The Morgan fingerprint density at radius 2 is 2.07 bits per heavy atom. The molecule has 0 heterocycles. The van der Waals surface area contributed by atoms with Gasteiger partial charge in [0.1, 0.15) is 0 Å². The maximum atomic E-state index is 11.4. The molecule has 84 valence electrons. The molecule has 15 heavy (non-hydrogen) atoms. The van der Waals surface area contributed by atoms with E-state index in [-0.39, 0.29) is 11.5 Å². The Bertz CT molecular complexity index is 443. The third-order valence-corrected chi connectivity index (χ3v) is 4.15. The molecule has 1 aromatic carbocycles. The summed E-state index contributed by atoms with van der Waals surface area (Å²) in [6, 6.07) is 5.23. The SMILES string of the molecule is CCS(=O)(=O)Cc1ccc(CN)cc1Cl. The van der Waals surface area contributed by atoms with Gasteiger partial charge in [0.05, 0.1) is 5.75 Å². The summed E-state index contributed by atoms with van der Waals surface area (Å²) >= 11 is 5.95. The van der Waals surface area contributed by atoms with Gasteiger partial charge >= 0.3 is 0 Å². The fraction of sp³-hybridized carbons (Fsp3) is 0.400. The lowest BCUT2D eigenvalue weighted by molar-refractivity contribution is 0.596. The van der Waals surface area contributed by atoms with E-state index in [2.05, 4.69) is 0 Å². The highest BCUT2D eigenvalue weighted by Gasteiger charge is 2.11. The maximum Gasteiger partial charge on any atom is 0.154 e. The van der Waals surface area contributed by atoms with E-state index < -0.39 is 9.84 Å². The van der Waals surface area contributed by atoms with E-state index in [0.29, 0.717) is 17.1 Å². The highest BCUT2D eigenvalue weighted by atomic mass is 35.5. The summed E-state index contributed by atoms with van der Waals surface area (Å²) in [6.07, 6.45) is 0. The Kier molecular flexibility index (Phi) is 4.13. The van der Waals surface area contributed by atoms with Gasteiger partial charge in [-0.15, -0.1) is 0 Å². The van der Waals surface area contributed by atoms with Crippen molar-refractivity contribution in [3.63, 3.8) is 0 Å². The summed E-state index contributed by atoms with van der Waals surface area (Å²) in [7, 11) is -3.03. The van der Waals surface area contributed by atoms with Crippen molar-refractivity contribution >= 4 is 21.4 Å². The van der Waals surface area contributed by atoms with Crippen molar-refractivity contribution in [1.29, 1.82) is 0 Å². The average molecular weight is 248 g/mol. The summed E-state index contributed by atoms with van der Waals surface area (Å²) in [5.74, 6) is 0.120. The van der Waals surface area contributed by atoms with Gasteiger partial charge < -0.3 is 5.73 Å². The highest BCUT2D eigenvalue weighted by molar-refractivity contribution is 7.90. The lowest BCUT2D eigenvalue weighted by atomic mass is 10.1. The number of rotatable bonds is 4. The number of sulfone groups is 1. The molecule has 0 amide bonds. The number of nitrogens with two attached hydrogens (primary N) is 1. The summed E-state index contributed by atoms with van der Waals surface area (Å²) in [5, 5.41) is 0.468. The van der Waals surface area contributed by atoms with Crippen LogP contribution >= 0.6 is 11.6 Å². The normalized spacial score (nSPS) is 11.7. The number of hydrogen-bond acceptors (Lipinski definition) is 3. The van der Waals surface area contributed by atoms with E-state index >= 15 is 0 Å². The van der Waals surface area contributed by atoms with E-state index in [1.165, 1.54) is 0 Å². The first-order chi connectivity index (χ1) is 6.98. The Morgan fingerprint density at radius 3 is 2.53 bits per heavy atom. The van der Waals surface area contributed by atoms with Crippen LogP contribution in [0.5, 0.6) is 0 Å². The van der Waals surface area contributed by atoms with Crippen LogP contribution in [-0.2, 0) is 22.1 Å². The predicted molar refractivity (Wildman–Crippen MR) is 62.5 cm³/mol. The lowest BCUT2D eigenvalue weighted by Gasteiger charge is -2.06. The molecule has 0 aromatic heterocycles. The van der Waals surface area contributed by atoms with Gasteiger partial charge in [0.25, 0.3) is 0 Å². The van der Waals surface area contributed by atoms with Crippen molar-refractivity contribution in [2.75, 3.05) is 5.75 Å². The molecule has 0 atom stereocenters. The van der Waals surface area contributed by atoms with Crippen molar-refractivity contribution in [3.05, 3.63) is 34.3 Å². The van der Waals surface area contributed by atoms with Crippen LogP contribution in [0.2, 0.25) is 5.02 Å². The number of benzene rings is 1. The first kappa shape index (κ1) is 12.5. The molecule has 0 aliphatic rings. The van der Waals surface area contributed by atoms with Gasteiger partial charge in [0, 0.05) is 17.3 Å². The van der Waals surface area contributed by atoms with Gasteiger partial charge in [-0.3, -0.25) is 0 Å². The highest BCUT2D eigenvalue weighted by Crippen LogP contribution is 2.20. The van der Waals surface area contributed by atoms with Crippen LogP contribution < -0.4 is 5.73 Å². The molecule has 0 saturated heterocycles. The van der Waals surface area contributed by atoms with Crippen LogP contribution in [0.15, 0.2) is 18.2 Å². The Balaban J connectivity index is 2.97. The monoisotopic (exact) mass is 247 g/mol. The molecule has 0 fully saturated rings. The third-order valence-electron chi connectivity index (χ3n) is 2.17. The first-order valence-electron chi connectivity index (χ1n) is 4.66. The Labute approximate surface area is 95.2 Å². The van der Waals surface area contributed by atoms with Crippen LogP contribution in [0.4, 0.5) is 0 Å². The van der Waals surface area contributed by atoms with Gasteiger partial charge in [-0.1, -0.05) is 30.7 Å². The molecule has 0 unspecified atom stereocenters. The summed E-state index contributed by atoms with van der Waals surface area (Å²) in [5.41, 5.74) is 6.98. The number of hydrogen-bond donors (Lipinski definition) is 1. The third kappa shape index (κ3) is 3.48. The van der Waals surface area contributed by atoms with Crippen LogP contribution in [0.3, 0.4) is 0 Å². The smallest absolute Gasteiger partial charge is 0.154 e. The topological polar surface area (TPSA) is 60.2 Å². The second kappa shape index (κ2) is 4.96. The second-order valence-corrected chi connectivity index (χ2v) is 6.07. The molecular weight excluding hydrogens is 234 g/mol.